The number of hydrogen-bond donors (Lipinski definition) is 1. The van der Waals surface area contributed by atoms with Gasteiger partial charge in [0.25, 0.3) is 0 Å². The van der Waals surface area contributed by atoms with Gasteiger partial charge >= 0.3 is 0 Å². The van der Waals surface area contributed by atoms with Crippen LogP contribution < -0.4 is 10.2 Å². The SMILES string of the molecule is CCN(CC(=O)Nc1ccc(N2CCCCC2)cc1)Cc1cccs1. The lowest BCUT2D eigenvalue weighted by Crippen LogP contribution is -2.32. The van der Waals surface area contributed by atoms with E-state index < -0.39 is 0 Å². The summed E-state index contributed by atoms with van der Waals surface area (Å²) in [5, 5.41) is 5.10. The number of thiophene rings is 1. The summed E-state index contributed by atoms with van der Waals surface area (Å²) in [4.78, 5) is 18.2. The predicted octanol–water partition coefficient (Wildman–Crippen LogP) is 4.20. The average Bonchev–Trinajstić information content (AvgIpc) is 3.15. The van der Waals surface area contributed by atoms with Crippen molar-refractivity contribution < 1.29 is 4.79 Å². The van der Waals surface area contributed by atoms with Gasteiger partial charge in [-0.25, -0.2) is 0 Å². The third-order valence-corrected chi connectivity index (χ3v) is 5.51. The van der Waals surface area contributed by atoms with Crippen molar-refractivity contribution in [2.75, 3.05) is 36.4 Å². The minimum Gasteiger partial charge on any atom is -0.372 e. The number of amides is 1. The third-order valence-electron chi connectivity index (χ3n) is 4.65. The van der Waals surface area contributed by atoms with Crippen LogP contribution in [-0.4, -0.2) is 37.0 Å². The first-order chi connectivity index (χ1) is 12.2. The van der Waals surface area contributed by atoms with E-state index >= 15 is 0 Å². The van der Waals surface area contributed by atoms with Crippen molar-refractivity contribution >= 4 is 28.6 Å². The van der Waals surface area contributed by atoms with E-state index in [0.717, 1.165) is 31.9 Å². The molecule has 134 valence electrons. The Morgan fingerprint density at radius 3 is 2.56 bits per heavy atom. The van der Waals surface area contributed by atoms with Crippen LogP contribution >= 0.6 is 11.3 Å². The van der Waals surface area contributed by atoms with E-state index in [1.807, 2.05) is 12.1 Å². The second kappa shape index (κ2) is 9.02. The summed E-state index contributed by atoms with van der Waals surface area (Å²) >= 11 is 1.73. The first-order valence-corrected chi connectivity index (χ1v) is 10.0. The van der Waals surface area contributed by atoms with Crippen LogP contribution in [0, 0.1) is 0 Å². The van der Waals surface area contributed by atoms with Gasteiger partial charge in [0.15, 0.2) is 0 Å². The molecule has 1 aromatic heterocycles. The van der Waals surface area contributed by atoms with E-state index in [4.69, 9.17) is 0 Å². The molecule has 0 bridgehead atoms. The lowest BCUT2D eigenvalue weighted by molar-refractivity contribution is -0.117. The molecule has 1 aliphatic heterocycles. The average molecular weight is 358 g/mol. The zero-order chi connectivity index (χ0) is 17.5. The van der Waals surface area contributed by atoms with Crippen LogP contribution in [0.15, 0.2) is 41.8 Å². The van der Waals surface area contributed by atoms with E-state index in [2.05, 4.69) is 51.7 Å². The summed E-state index contributed by atoms with van der Waals surface area (Å²) in [5.41, 5.74) is 2.13. The highest BCUT2D eigenvalue weighted by atomic mass is 32.1. The lowest BCUT2D eigenvalue weighted by atomic mass is 10.1. The number of likely N-dealkylation sites (N-methyl/N-ethyl adjacent to an activating group) is 1. The van der Waals surface area contributed by atoms with E-state index in [9.17, 15) is 4.79 Å². The second-order valence-electron chi connectivity index (χ2n) is 6.53. The fourth-order valence-electron chi connectivity index (χ4n) is 3.21. The van der Waals surface area contributed by atoms with Gasteiger partial charge in [0.2, 0.25) is 5.91 Å². The van der Waals surface area contributed by atoms with Crippen molar-refractivity contribution in [1.29, 1.82) is 0 Å². The Hall–Kier alpha value is -1.85. The Morgan fingerprint density at radius 2 is 1.92 bits per heavy atom. The molecule has 1 fully saturated rings. The standard InChI is InChI=1S/C20H27N3OS/c1-2-22(15-19-7-6-14-25-19)16-20(24)21-17-8-10-18(11-9-17)23-12-4-3-5-13-23/h6-11,14H,2-5,12-13,15-16H2,1H3,(H,21,24). The fraction of sp³-hybridized carbons (Fsp3) is 0.450. The van der Waals surface area contributed by atoms with Crippen molar-refractivity contribution in [3.63, 3.8) is 0 Å². The molecule has 1 N–H and O–H groups in total. The summed E-state index contributed by atoms with van der Waals surface area (Å²) in [7, 11) is 0. The Morgan fingerprint density at radius 1 is 1.16 bits per heavy atom. The Bertz CT molecular complexity index is 648. The van der Waals surface area contributed by atoms with Crippen LogP contribution in [-0.2, 0) is 11.3 Å². The van der Waals surface area contributed by atoms with Crippen molar-refractivity contribution in [2.24, 2.45) is 0 Å². The molecule has 0 atom stereocenters. The van der Waals surface area contributed by atoms with Crippen molar-refractivity contribution in [2.45, 2.75) is 32.7 Å². The molecule has 0 saturated carbocycles. The van der Waals surface area contributed by atoms with Crippen molar-refractivity contribution in [3.05, 3.63) is 46.7 Å². The molecule has 1 aromatic carbocycles. The third kappa shape index (κ3) is 5.31. The highest BCUT2D eigenvalue weighted by molar-refractivity contribution is 7.09. The summed E-state index contributed by atoms with van der Waals surface area (Å²) < 4.78 is 0. The molecule has 3 rings (SSSR count). The van der Waals surface area contributed by atoms with Gasteiger partial charge in [-0.1, -0.05) is 13.0 Å². The Balaban J connectivity index is 1.51. The maximum atomic E-state index is 12.3. The van der Waals surface area contributed by atoms with Gasteiger partial charge in [0, 0.05) is 35.9 Å². The quantitative estimate of drug-likeness (QED) is 0.807. The topological polar surface area (TPSA) is 35.6 Å². The van der Waals surface area contributed by atoms with Gasteiger partial charge < -0.3 is 10.2 Å². The molecule has 4 nitrogen and oxygen atoms in total. The van der Waals surface area contributed by atoms with Gasteiger partial charge in [-0.05, 0) is 61.5 Å². The number of nitrogens with zero attached hydrogens (tertiary/aromatic N) is 2. The van der Waals surface area contributed by atoms with Crippen LogP contribution in [0.4, 0.5) is 11.4 Å². The predicted molar refractivity (Wildman–Crippen MR) is 106 cm³/mol. The number of anilines is 2. The molecule has 1 saturated heterocycles. The molecular formula is C20H27N3OS. The van der Waals surface area contributed by atoms with Crippen LogP contribution in [0.25, 0.3) is 0 Å². The molecule has 2 heterocycles. The van der Waals surface area contributed by atoms with E-state index in [1.54, 1.807) is 11.3 Å². The van der Waals surface area contributed by atoms with Crippen LogP contribution in [0.2, 0.25) is 0 Å². The molecule has 25 heavy (non-hydrogen) atoms. The van der Waals surface area contributed by atoms with Gasteiger partial charge in [0.1, 0.15) is 0 Å². The summed E-state index contributed by atoms with van der Waals surface area (Å²) in [6, 6.07) is 12.4. The highest BCUT2D eigenvalue weighted by Crippen LogP contribution is 2.21. The number of carbonyl (C=O) groups is 1. The number of benzene rings is 1. The minimum atomic E-state index is 0.0455. The minimum absolute atomic E-state index is 0.0455. The van der Waals surface area contributed by atoms with E-state index in [-0.39, 0.29) is 5.91 Å². The molecular weight excluding hydrogens is 330 g/mol. The smallest absolute Gasteiger partial charge is 0.238 e. The first-order valence-electron chi connectivity index (χ1n) is 9.14. The van der Waals surface area contributed by atoms with Crippen molar-refractivity contribution in [1.82, 2.24) is 4.90 Å². The Labute approximate surface area is 154 Å². The molecule has 1 aliphatic rings. The van der Waals surface area contributed by atoms with Crippen molar-refractivity contribution in [3.8, 4) is 0 Å². The largest absolute Gasteiger partial charge is 0.372 e. The number of piperidine rings is 1. The number of rotatable bonds is 7. The Kier molecular flexibility index (Phi) is 6.48. The molecule has 2 aromatic rings. The number of carbonyl (C=O) groups excluding carboxylic acids is 1. The number of nitrogens with one attached hydrogen (secondary N) is 1. The normalized spacial score (nSPS) is 14.7. The molecule has 5 heteroatoms. The molecule has 1 amide bonds. The van der Waals surface area contributed by atoms with Crippen LogP contribution in [0.1, 0.15) is 31.1 Å². The second-order valence-corrected chi connectivity index (χ2v) is 7.56. The zero-order valence-corrected chi connectivity index (χ0v) is 15.7. The first kappa shape index (κ1) is 18.0. The van der Waals surface area contributed by atoms with Crippen LogP contribution in [0.5, 0.6) is 0 Å². The fourth-order valence-corrected chi connectivity index (χ4v) is 3.96. The van der Waals surface area contributed by atoms with Gasteiger partial charge in [0.05, 0.1) is 6.54 Å². The summed E-state index contributed by atoms with van der Waals surface area (Å²) in [6.45, 7) is 6.48. The zero-order valence-electron chi connectivity index (χ0n) is 14.9. The summed E-state index contributed by atoms with van der Waals surface area (Å²) in [6.07, 6.45) is 3.88. The summed E-state index contributed by atoms with van der Waals surface area (Å²) in [5.74, 6) is 0.0455. The lowest BCUT2D eigenvalue weighted by Gasteiger charge is -2.28. The van der Waals surface area contributed by atoms with Crippen LogP contribution in [0.3, 0.4) is 0 Å². The maximum absolute atomic E-state index is 12.3. The van der Waals surface area contributed by atoms with Gasteiger partial charge in [-0.2, -0.15) is 0 Å². The molecule has 0 radical (unpaired) electrons. The molecule has 0 unspecified atom stereocenters. The van der Waals surface area contributed by atoms with Gasteiger partial charge in [-0.3, -0.25) is 9.69 Å². The van der Waals surface area contributed by atoms with Gasteiger partial charge in [-0.15, -0.1) is 11.3 Å². The highest BCUT2D eigenvalue weighted by Gasteiger charge is 2.12. The van der Waals surface area contributed by atoms with E-state index in [1.165, 1.54) is 29.8 Å². The molecule has 0 spiro atoms. The molecule has 0 aliphatic carbocycles. The van der Waals surface area contributed by atoms with E-state index in [0.29, 0.717) is 6.54 Å². The number of hydrogen-bond acceptors (Lipinski definition) is 4. The maximum Gasteiger partial charge on any atom is 0.238 e. The monoisotopic (exact) mass is 357 g/mol.